The first kappa shape index (κ1) is 14.1. The highest BCUT2D eigenvalue weighted by atomic mass is 16.5. The molecule has 0 heterocycles. The highest BCUT2D eigenvalue weighted by molar-refractivity contribution is 5.54. The van der Waals surface area contributed by atoms with Crippen molar-refractivity contribution >= 4 is 12.2 Å². The molecule has 0 radical (unpaired) electrons. The second kappa shape index (κ2) is 6.76. The lowest BCUT2D eigenvalue weighted by atomic mass is 10.1. The van der Waals surface area contributed by atoms with Crippen LogP contribution in [0.25, 0.3) is 12.2 Å². The molecule has 2 aromatic carbocycles. The second-order valence-corrected chi connectivity index (χ2v) is 4.88. The second-order valence-electron chi connectivity index (χ2n) is 4.88. The van der Waals surface area contributed by atoms with E-state index in [-0.39, 0.29) is 0 Å². The average molecular weight is 264 g/mol. The summed E-state index contributed by atoms with van der Waals surface area (Å²) in [5.74, 6) is 0. The van der Waals surface area contributed by atoms with Gasteiger partial charge in [-0.15, -0.1) is 0 Å². The van der Waals surface area contributed by atoms with Gasteiger partial charge in [0.05, 0.1) is 6.26 Å². The Morgan fingerprint density at radius 2 is 1.85 bits per heavy atom. The fourth-order valence-corrected chi connectivity index (χ4v) is 2.14. The lowest BCUT2D eigenvalue weighted by molar-refractivity contribution is 0.239. The maximum Gasteiger partial charge on any atom is 0.113 e. The molecule has 0 atom stereocenters. The van der Waals surface area contributed by atoms with Crippen LogP contribution in [0.4, 0.5) is 0 Å². The highest BCUT2D eigenvalue weighted by Gasteiger charge is 1.97. The van der Waals surface area contributed by atoms with Gasteiger partial charge in [0.1, 0.15) is 6.61 Å². The highest BCUT2D eigenvalue weighted by Crippen LogP contribution is 2.14. The predicted molar refractivity (Wildman–Crippen MR) is 86.3 cm³/mol. The lowest BCUT2D eigenvalue weighted by Crippen LogP contribution is -1.90. The van der Waals surface area contributed by atoms with Gasteiger partial charge in [-0.05, 0) is 42.2 Å². The van der Waals surface area contributed by atoms with Crippen LogP contribution < -0.4 is 0 Å². The van der Waals surface area contributed by atoms with Crippen LogP contribution in [-0.2, 0) is 11.3 Å². The molecule has 0 unspecified atom stereocenters. The number of rotatable bonds is 5. The number of aryl methyl sites for hydroxylation is 2. The van der Waals surface area contributed by atoms with Crippen molar-refractivity contribution < 1.29 is 4.74 Å². The summed E-state index contributed by atoms with van der Waals surface area (Å²) in [5.41, 5.74) is 5.99. The van der Waals surface area contributed by atoms with Crippen molar-refractivity contribution in [3.8, 4) is 0 Å². The van der Waals surface area contributed by atoms with E-state index in [1.165, 1.54) is 16.7 Å². The molecule has 102 valence electrons. The first-order chi connectivity index (χ1) is 9.70. The summed E-state index contributed by atoms with van der Waals surface area (Å²) >= 11 is 0. The molecular formula is C19H20O. The first-order valence-corrected chi connectivity index (χ1v) is 6.76. The molecule has 0 aliphatic carbocycles. The van der Waals surface area contributed by atoms with E-state index in [1.807, 2.05) is 30.4 Å². The van der Waals surface area contributed by atoms with Gasteiger partial charge in [0.15, 0.2) is 0 Å². The van der Waals surface area contributed by atoms with Crippen molar-refractivity contribution in [3.05, 3.63) is 83.1 Å². The Morgan fingerprint density at radius 3 is 2.60 bits per heavy atom. The van der Waals surface area contributed by atoms with Crippen LogP contribution in [0, 0.1) is 13.8 Å². The van der Waals surface area contributed by atoms with E-state index in [2.05, 4.69) is 44.7 Å². The van der Waals surface area contributed by atoms with Gasteiger partial charge < -0.3 is 4.74 Å². The molecular weight excluding hydrogens is 244 g/mol. The zero-order valence-electron chi connectivity index (χ0n) is 12.1. The topological polar surface area (TPSA) is 9.23 Å². The summed E-state index contributed by atoms with van der Waals surface area (Å²) in [6.07, 6.45) is 5.62. The first-order valence-electron chi connectivity index (χ1n) is 6.76. The number of benzene rings is 2. The smallest absolute Gasteiger partial charge is 0.113 e. The Hall–Kier alpha value is -2.28. The minimum atomic E-state index is 0.559. The van der Waals surface area contributed by atoms with Crippen LogP contribution >= 0.6 is 0 Å². The fourth-order valence-electron chi connectivity index (χ4n) is 2.14. The van der Waals surface area contributed by atoms with Crippen LogP contribution in [0.5, 0.6) is 0 Å². The molecule has 0 N–H and O–H groups in total. The summed E-state index contributed by atoms with van der Waals surface area (Å²) in [7, 11) is 0. The molecule has 0 amide bonds. The van der Waals surface area contributed by atoms with Gasteiger partial charge in [0.25, 0.3) is 0 Å². The fraction of sp³-hybridized carbons (Fsp3) is 0.158. The van der Waals surface area contributed by atoms with Gasteiger partial charge in [0, 0.05) is 0 Å². The third kappa shape index (κ3) is 3.61. The summed E-state index contributed by atoms with van der Waals surface area (Å²) in [6.45, 7) is 8.58. The van der Waals surface area contributed by atoms with Crippen molar-refractivity contribution in [2.45, 2.75) is 20.5 Å². The van der Waals surface area contributed by atoms with Crippen LogP contribution in [0.1, 0.15) is 27.8 Å². The summed E-state index contributed by atoms with van der Waals surface area (Å²) in [5, 5.41) is 0. The average Bonchev–Trinajstić information content (AvgIpc) is 2.46. The molecule has 0 aliphatic rings. The quantitative estimate of drug-likeness (QED) is 0.680. The monoisotopic (exact) mass is 264 g/mol. The molecule has 20 heavy (non-hydrogen) atoms. The van der Waals surface area contributed by atoms with Gasteiger partial charge >= 0.3 is 0 Å². The largest absolute Gasteiger partial charge is 0.496 e. The number of hydrogen-bond acceptors (Lipinski definition) is 1. The maximum absolute atomic E-state index is 5.62. The standard InChI is InChI=1S/C19H20O/c1-4-17-7-5-6-8-19(17)14-20-12-11-18-10-9-15(2)13-16(18)3/h4-13H,1,14H2,2-3H3. The molecule has 0 aromatic heterocycles. The van der Waals surface area contributed by atoms with Crippen molar-refractivity contribution in [1.29, 1.82) is 0 Å². The Balaban J connectivity index is 1.98. The van der Waals surface area contributed by atoms with Crippen molar-refractivity contribution in [1.82, 2.24) is 0 Å². The SMILES string of the molecule is C=Cc1ccccc1COC=Cc1ccc(C)cc1C. The Morgan fingerprint density at radius 1 is 1.05 bits per heavy atom. The number of ether oxygens (including phenoxy) is 1. The van der Waals surface area contributed by atoms with Gasteiger partial charge in [-0.3, -0.25) is 0 Å². The van der Waals surface area contributed by atoms with E-state index in [1.54, 1.807) is 6.26 Å². The van der Waals surface area contributed by atoms with Gasteiger partial charge in [-0.25, -0.2) is 0 Å². The molecule has 0 saturated carbocycles. The molecule has 0 saturated heterocycles. The molecule has 2 aromatic rings. The molecule has 1 nitrogen and oxygen atoms in total. The van der Waals surface area contributed by atoms with Crippen LogP contribution in [0.2, 0.25) is 0 Å². The van der Waals surface area contributed by atoms with Gasteiger partial charge in [-0.2, -0.15) is 0 Å². The van der Waals surface area contributed by atoms with E-state index in [0.717, 1.165) is 11.1 Å². The molecule has 0 bridgehead atoms. The van der Waals surface area contributed by atoms with Crippen molar-refractivity contribution in [3.63, 3.8) is 0 Å². The minimum Gasteiger partial charge on any atom is -0.496 e. The van der Waals surface area contributed by atoms with Crippen molar-refractivity contribution in [2.75, 3.05) is 0 Å². The molecule has 0 spiro atoms. The van der Waals surface area contributed by atoms with E-state index < -0.39 is 0 Å². The van der Waals surface area contributed by atoms with Crippen LogP contribution in [0.3, 0.4) is 0 Å². The zero-order valence-corrected chi connectivity index (χ0v) is 12.1. The summed E-state index contributed by atoms with van der Waals surface area (Å²) in [6, 6.07) is 14.5. The van der Waals surface area contributed by atoms with E-state index >= 15 is 0 Å². The third-order valence-corrected chi connectivity index (χ3v) is 3.28. The zero-order chi connectivity index (χ0) is 14.4. The molecule has 0 fully saturated rings. The van der Waals surface area contributed by atoms with Crippen LogP contribution in [0.15, 0.2) is 55.3 Å². The van der Waals surface area contributed by atoms with Gasteiger partial charge in [0.2, 0.25) is 0 Å². The van der Waals surface area contributed by atoms with Crippen molar-refractivity contribution in [2.24, 2.45) is 0 Å². The Bertz CT molecular complexity index is 623. The van der Waals surface area contributed by atoms with E-state index in [4.69, 9.17) is 4.74 Å². The van der Waals surface area contributed by atoms with E-state index in [0.29, 0.717) is 6.61 Å². The molecule has 2 rings (SSSR count). The Kier molecular flexibility index (Phi) is 4.78. The molecule has 0 aliphatic heterocycles. The normalized spacial score (nSPS) is 10.7. The molecule has 1 heteroatoms. The maximum atomic E-state index is 5.62. The lowest BCUT2D eigenvalue weighted by Gasteiger charge is -2.06. The summed E-state index contributed by atoms with van der Waals surface area (Å²) < 4.78 is 5.62. The number of hydrogen-bond donors (Lipinski definition) is 0. The summed E-state index contributed by atoms with van der Waals surface area (Å²) in [4.78, 5) is 0. The van der Waals surface area contributed by atoms with Gasteiger partial charge in [-0.1, -0.05) is 60.7 Å². The van der Waals surface area contributed by atoms with Crippen LogP contribution in [-0.4, -0.2) is 0 Å². The third-order valence-electron chi connectivity index (χ3n) is 3.28. The van der Waals surface area contributed by atoms with E-state index in [9.17, 15) is 0 Å². The Labute approximate surface area is 121 Å². The minimum absolute atomic E-state index is 0.559. The predicted octanol–water partition coefficient (Wildman–Crippen LogP) is 5.13.